The molecule has 140 valence electrons. The second-order valence-corrected chi connectivity index (χ2v) is 7.88. The van der Waals surface area contributed by atoms with Gasteiger partial charge in [-0.1, -0.05) is 37.3 Å². The number of halogens is 3. The predicted octanol–water partition coefficient (Wildman–Crippen LogP) is 7.10. The molecule has 0 saturated heterocycles. The van der Waals surface area contributed by atoms with E-state index >= 15 is 0 Å². The average Bonchev–Trinajstić information content (AvgIpc) is 2.67. The fraction of sp³-hybridized carbons (Fsp3) is 0.182. The molecule has 0 amide bonds. The third-order valence-electron chi connectivity index (χ3n) is 4.24. The number of ether oxygens (including phenoxy) is 1. The molecule has 2 nitrogen and oxygen atoms in total. The van der Waals surface area contributed by atoms with Crippen LogP contribution in [0.3, 0.4) is 0 Å². The van der Waals surface area contributed by atoms with Crippen molar-refractivity contribution in [3.8, 4) is 5.75 Å². The quantitative estimate of drug-likeness (QED) is 0.379. The molecule has 27 heavy (non-hydrogen) atoms. The van der Waals surface area contributed by atoms with Crippen molar-refractivity contribution in [2.24, 2.45) is 0 Å². The van der Waals surface area contributed by atoms with Crippen molar-refractivity contribution >= 4 is 37.5 Å². The molecule has 3 aromatic carbocycles. The molecule has 0 unspecified atom stereocenters. The highest BCUT2D eigenvalue weighted by Gasteiger charge is 2.10. The van der Waals surface area contributed by atoms with E-state index in [4.69, 9.17) is 4.74 Å². The first kappa shape index (κ1) is 19.9. The van der Waals surface area contributed by atoms with E-state index < -0.39 is 0 Å². The molecule has 0 aliphatic heterocycles. The zero-order valence-corrected chi connectivity index (χ0v) is 18.1. The molecule has 0 aliphatic rings. The van der Waals surface area contributed by atoms with E-state index in [1.54, 1.807) is 12.1 Å². The minimum absolute atomic E-state index is 0.248. The maximum atomic E-state index is 13.0. The number of anilines is 1. The molecule has 3 aromatic rings. The van der Waals surface area contributed by atoms with Crippen LogP contribution in [0.5, 0.6) is 5.75 Å². The second kappa shape index (κ2) is 9.38. The Morgan fingerprint density at radius 2 is 1.59 bits per heavy atom. The summed E-state index contributed by atoms with van der Waals surface area (Å²) in [6.07, 6.45) is 0.993. The summed E-state index contributed by atoms with van der Waals surface area (Å²) in [7, 11) is 0. The smallest absolute Gasteiger partial charge is 0.148 e. The van der Waals surface area contributed by atoms with Gasteiger partial charge in [-0.15, -0.1) is 0 Å². The Hall–Kier alpha value is -1.85. The van der Waals surface area contributed by atoms with E-state index in [1.807, 2.05) is 18.2 Å². The van der Waals surface area contributed by atoms with Gasteiger partial charge in [0.05, 0.1) is 8.95 Å². The first-order chi connectivity index (χ1) is 13.1. The van der Waals surface area contributed by atoms with Gasteiger partial charge < -0.3 is 10.1 Å². The summed E-state index contributed by atoms with van der Waals surface area (Å²) in [5, 5.41) is 3.50. The number of nitrogens with one attached hydrogen (secondary N) is 1. The van der Waals surface area contributed by atoms with Crippen LogP contribution in [-0.2, 0) is 19.6 Å². The van der Waals surface area contributed by atoms with Gasteiger partial charge in [-0.05, 0) is 85.3 Å². The SMILES string of the molecule is CCc1ccccc1NCc1cc(Br)c(OCc2ccc(F)cc2)c(Br)c1. The summed E-state index contributed by atoms with van der Waals surface area (Å²) in [6.45, 7) is 3.24. The summed E-state index contributed by atoms with van der Waals surface area (Å²) < 4.78 is 20.7. The lowest BCUT2D eigenvalue weighted by atomic mass is 10.1. The van der Waals surface area contributed by atoms with Crippen LogP contribution in [0.2, 0.25) is 0 Å². The summed E-state index contributed by atoms with van der Waals surface area (Å²) in [4.78, 5) is 0. The van der Waals surface area contributed by atoms with Crippen LogP contribution in [0.4, 0.5) is 10.1 Å². The number of aryl methyl sites for hydroxylation is 1. The zero-order valence-electron chi connectivity index (χ0n) is 14.9. The fourth-order valence-corrected chi connectivity index (χ4v) is 4.30. The Morgan fingerprint density at radius 3 is 2.26 bits per heavy atom. The standard InChI is InChI=1S/C22H20Br2FNO/c1-2-17-5-3-4-6-21(17)26-13-16-11-19(23)22(20(24)12-16)27-14-15-7-9-18(25)10-8-15/h3-12,26H,2,13-14H2,1H3. The molecule has 5 heteroatoms. The van der Waals surface area contributed by atoms with Gasteiger partial charge in [0.15, 0.2) is 0 Å². The van der Waals surface area contributed by atoms with Gasteiger partial charge in [-0.2, -0.15) is 0 Å². The van der Waals surface area contributed by atoms with E-state index in [2.05, 4.69) is 62.3 Å². The monoisotopic (exact) mass is 491 g/mol. The summed E-state index contributed by atoms with van der Waals surface area (Å²) in [5.74, 6) is 0.486. The largest absolute Gasteiger partial charge is 0.487 e. The van der Waals surface area contributed by atoms with Crippen LogP contribution in [0.25, 0.3) is 0 Å². The van der Waals surface area contributed by atoms with E-state index in [0.29, 0.717) is 13.2 Å². The number of rotatable bonds is 7. The Kier molecular flexibility index (Phi) is 6.91. The minimum Gasteiger partial charge on any atom is -0.487 e. The third-order valence-corrected chi connectivity index (χ3v) is 5.41. The lowest BCUT2D eigenvalue weighted by molar-refractivity contribution is 0.302. The Morgan fingerprint density at radius 1 is 0.926 bits per heavy atom. The molecular formula is C22H20Br2FNO. The number of para-hydroxylation sites is 1. The predicted molar refractivity (Wildman–Crippen MR) is 116 cm³/mol. The van der Waals surface area contributed by atoms with Crippen LogP contribution in [-0.4, -0.2) is 0 Å². The highest BCUT2D eigenvalue weighted by atomic mass is 79.9. The number of hydrogen-bond acceptors (Lipinski definition) is 2. The van der Waals surface area contributed by atoms with Crippen LogP contribution in [0.1, 0.15) is 23.6 Å². The topological polar surface area (TPSA) is 21.3 Å². The highest BCUT2D eigenvalue weighted by molar-refractivity contribution is 9.11. The van der Waals surface area contributed by atoms with Gasteiger partial charge in [0, 0.05) is 12.2 Å². The van der Waals surface area contributed by atoms with Crippen molar-refractivity contribution in [3.63, 3.8) is 0 Å². The first-order valence-electron chi connectivity index (χ1n) is 8.73. The highest BCUT2D eigenvalue weighted by Crippen LogP contribution is 2.35. The van der Waals surface area contributed by atoms with E-state index in [9.17, 15) is 4.39 Å². The van der Waals surface area contributed by atoms with Gasteiger partial charge in [0.25, 0.3) is 0 Å². The van der Waals surface area contributed by atoms with Gasteiger partial charge in [-0.25, -0.2) is 4.39 Å². The molecule has 0 spiro atoms. The fourth-order valence-electron chi connectivity index (χ4n) is 2.79. The molecule has 0 heterocycles. The second-order valence-electron chi connectivity index (χ2n) is 6.17. The molecule has 0 bridgehead atoms. The van der Waals surface area contributed by atoms with Gasteiger partial charge >= 0.3 is 0 Å². The van der Waals surface area contributed by atoms with Crippen LogP contribution >= 0.6 is 31.9 Å². The molecular weight excluding hydrogens is 473 g/mol. The summed E-state index contributed by atoms with van der Waals surface area (Å²) in [5.41, 5.74) is 4.50. The zero-order chi connectivity index (χ0) is 19.2. The molecule has 0 aliphatic carbocycles. The lowest BCUT2D eigenvalue weighted by Gasteiger charge is -2.14. The maximum absolute atomic E-state index is 13.0. The molecule has 1 N–H and O–H groups in total. The van der Waals surface area contributed by atoms with E-state index in [-0.39, 0.29) is 5.82 Å². The Labute approximate surface area is 176 Å². The van der Waals surface area contributed by atoms with E-state index in [0.717, 1.165) is 37.9 Å². The van der Waals surface area contributed by atoms with Crippen molar-refractivity contribution in [1.82, 2.24) is 0 Å². The molecule has 0 fully saturated rings. The molecule has 0 aromatic heterocycles. The molecule has 0 radical (unpaired) electrons. The van der Waals surface area contributed by atoms with Crippen molar-refractivity contribution in [3.05, 3.63) is 92.1 Å². The average molecular weight is 493 g/mol. The lowest BCUT2D eigenvalue weighted by Crippen LogP contribution is -2.03. The number of benzene rings is 3. The van der Waals surface area contributed by atoms with Gasteiger partial charge in [0.2, 0.25) is 0 Å². The van der Waals surface area contributed by atoms with Crippen LogP contribution in [0, 0.1) is 5.82 Å². The van der Waals surface area contributed by atoms with Crippen molar-refractivity contribution < 1.29 is 9.13 Å². The van der Waals surface area contributed by atoms with Crippen LogP contribution in [0.15, 0.2) is 69.6 Å². The summed E-state index contributed by atoms with van der Waals surface area (Å²) in [6, 6.07) is 18.8. The molecule has 3 rings (SSSR count). The summed E-state index contributed by atoms with van der Waals surface area (Å²) >= 11 is 7.19. The third kappa shape index (κ3) is 5.33. The van der Waals surface area contributed by atoms with Gasteiger partial charge in [-0.3, -0.25) is 0 Å². The van der Waals surface area contributed by atoms with Crippen molar-refractivity contribution in [1.29, 1.82) is 0 Å². The number of hydrogen-bond donors (Lipinski definition) is 1. The minimum atomic E-state index is -0.248. The van der Waals surface area contributed by atoms with Crippen LogP contribution < -0.4 is 10.1 Å². The van der Waals surface area contributed by atoms with Gasteiger partial charge in [0.1, 0.15) is 18.2 Å². The Bertz CT molecular complexity index is 889. The van der Waals surface area contributed by atoms with Crippen molar-refractivity contribution in [2.45, 2.75) is 26.5 Å². The van der Waals surface area contributed by atoms with E-state index in [1.165, 1.54) is 17.7 Å². The maximum Gasteiger partial charge on any atom is 0.148 e. The first-order valence-corrected chi connectivity index (χ1v) is 10.3. The van der Waals surface area contributed by atoms with Crippen molar-refractivity contribution in [2.75, 3.05) is 5.32 Å². The normalized spacial score (nSPS) is 10.7. The molecule has 0 saturated carbocycles. The Balaban J connectivity index is 1.68. The molecule has 0 atom stereocenters.